The summed E-state index contributed by atoms with van der Waals surface area (Å²) in [5.74, 6) is -0.168. The van der Waals surface area contributed by atoms with Gasteiger partial charge < -0.3 is 20.9 Å². The van der Waals surface area contributed by atoms with Gasteiger partial charge in [-0.3, -0.25) is 9.69 Å². The minimum atomic E-state index is -0.513. The Morgan fingerprint density at radius 3 is 2.60 bits per heavy atom. The van der Waals surface area contributed by atoms with Crippen molar-refractivity contribution >= 4 is 34.9 Å². The molecule has 4 rings (SSSR count). The van der Waals surface area contributed by atoms with Gasteiger partial charge in [0.2, 0.25) is 5.91 Å². The first-order chi connectivity index (χ1) is 16.8. The quantitative estimate of drug-likeness (QED) is 0.462. The number of ether oxygens (including phenoxy) is 2. The minimum absolute atomic E-state index is 0.146. The van der Waals surface area contributed by atoms with Crippen molar-refractivity contribution in [2.75, 3.05) is 38.6 Å². The predicted octanol–water partition coefficient (Wildman–Crippen LogP) is 4.15. The molecule has 1 aromatic heterocycles. The van der Waals surface area contributed by atoms with Gasteiger partial charge in [-0.1, -0.05) is 35.3 Å². The first-order valence-corrected chi connectivity index (χ1v) is 12.1. The van der Waals surface area contributed by atoms with Crippen LogP contribution in [0.4, 0.5) is 5.82 Å². The predicted molar refractivity (Wildman–Crippen MR) is 137 cm³/mol. The zero-order valence-corrected chi connectivity index (χ0v) is 20.9. The number of nitrogen functional groups attached to an aromatic ring is 1. The van der Waals surface area contributed by atoms with Crippen molar-refractivity contribution in [3.63, 3.8) is 0 Å². The van der Waals surface area contributed by atoms with E-state index in [0.717, 1.165) is 30.8 Å². The van der Waals surface area contributed by atoms with Crippen molar-refractivity contribution in [3.8, 4) is 17.1 Å². The molecule has 1 unspecified atom stereocenters. The van der Waals surface area contributed by atoms with Crippen LogP contribution in [0.3, 0.4) is 0 Å². The molecule has 0 spiro atoms. The van der Waals surface area contributed by atoms with Crippen LogP contribution in [0.2, 0.25) is 10.0 Å². The molecule has 1 aliphatic rings. The first-order valence-electron chi connectivity index (χ1n) is 11.3. The topological polar surface area (TPSA) is 117 Å². The summed E-state index contributed by atoms with van der Waals surface area (Å²) in [7, 11) is 0. The Hall–Kier alpha value is -2.91. The van der Waals surface area contributed by atoms with Gasteiger partial charge in [-0.25, -0.2) is 9.97 Å². The molecular weight excluding hydrogens is 489 g/mol. The maximum atomic E-state index is 11.8. The van der Waals surface area contributed by atoms with Gasteiger partial charge in [-0.15, -0.1) is 0 Å². The number of aromatic nitrogens is 2. The van der Waals surface area contributed by atoms with Gasteiger partial charge in [-0.2, -0.15) is 0 Å². The monoisotopic (exact) mass is 515 g/mol. The average Bonchev–Trinajstić information content (AvgIpc) is 2.84. The van der Waals surface area contributed by atoms with Crippen molar-refractivity contribution < 1.29 is 14.3 Å². The molecule has 4 N–H and O–H groups in total. The lowest BCUT2D eigenvalue weighted by Crippen LogP contribution is -2.37. The van der Waals surface area contributed by atoms with Crippen molar-refractivity contribution in [1.29, 1.82) is 0 Å². The molecule has 1 fully saturated rings. The highest BCUT2D eigenvalue weighted by Gasteiger charge is 2.20. The Kier molecular flexibility index (Phi) is 8.07. The van der Waals surface area contributed by atoms with Crippen LogP contribution in [-0.2, 0) is 11.2 Å². The van der Waals surface area contributed by atoms with Crippen molar-refractivity contribution in [2.45, 2.75) is 19.4 Å². The van der Waals surface area contributed by atoms with Crippen LogP contribution in [-0.4, -0.2) is 53.6 Å². The maximum absolute atomic E-state index is 11.8. The normalized spacial score (nSPS) is 15.1. The van der Waals surface area contributed by atoms with E-state index < -0.39 is 12.0 Å². The fourth-order valence-corrected chi connectivity index (χ4v) is 4.74. The Bertz CT molecular complexity index is 1200. The molecule has 2 aromatic carbocycles. The van der Waals surface area contributed by atoms with Crippen LogP contribution in [0.5, 0.6) is 5.88 Å². The number of primary amides is 1. The first kappa shape index (κ1) is 25.2. The number of carbonyl (C=O) groups is 1. The summed E-state index contributed by atoms with van der Waals surface area (Å²) in [6, 6.07) is 10.6. The van der Waals surface area contributed by atoms with Gasteiger partial charge in [0.15, 0.2) is 5.82 Å². The van der Waals surface area contributed by atoms with Crippen LogP contribution >= 0.6 is 23.2 Å². The van der Waals surface area contributed by atoms with E-state index in [0.29, 0.717) is 46.5 Å². The summed E-state index contributed by atoms with van der Waals surface area (Å²) >= 11 is 12.7. The molecule has 2 heterocycles. The number of rotatable bonds is 8. The fourth-order valence-electron chi connectivity index (χ4n) is 4.03. The molecule has 0 aliphatic carbocycles. The molecule has 3 aromatic rings. The molecule has 1 amide bonds. The van der Waals surface area contributed by atoms with E-state index in [-0.39, 0.29) is 11.7 Å². The number of amides is 1. The van der Waals surface area contributed by atoms with Gasteiger partial charge in [0.1, 0.15) is 6.10 Å². The molecular formula is C25H27Cl2N5O3. The fraction of sp³-hybridized carbons (Fsp3) is 0.320. The van der Waals surface area contributed by atoms with Gasteiger partial charge in [0.05, 0.1) is 25.1 Å². The Morgan fingerprint density at radius 2 is 1.91 bits per heavy atom. The van der Waals surface area contributed by atoms with Crippen LogP contribution < -0.4 is 16.2 Å². The van der Waals surface area contributed by atoms with Gasteiger partial charge >= 0.3 is 0 Å². The highest BCUT2D eigenvalue weighted by atomic mass is 35.5. The van der Waals surface area contributed by atoms with E-state index in [1.165, 1.54) is 0 Å². The molecule has 0 radical (unpaired) electrons. The molecule has 1 aliphatic heterocycles. The smallest absolute Gasteiger partial charge is 0.258 e. The number of carbonyl (C=O) groups excluding carboxylic acids is 1. The molecule has 0 bridgehead atoms. The lowest BCUT2D eigenvalue weighted by molar-refractivity contribution is 0.0384. The summed E-state index contributed by atoms with van der Waals surface area (Å²) in [5, 5.41) is 0.972. The lowest BCUT2D eigenvalue weighted by Gasteiger charge is -2.26. The highest BCUT2D eigenvalue weighted by molar-refractivity contribution is 6.36. The standard InChI is InChI=1S/C25H27Cl2N5O3/c1-15(22-19(26)3-2-4-20(22)27)35-25-23(28)30-14-21(31-25)18-6-5-17(24(29)33)13-16(18)7-8-32-9-11-34-12-10-32/h2-6,13-15H,7-12H2,1H3,(H2,28,30)(H2,29,33). The van der Waals surface area contributed by atoms with Crippen molar-refractivity contribution in [2.24, 2.45) is 5.73 Å². The number of anilines is 1. The van der Waals surface area contributed by atoms with E-state index in [4.69, 9.17) is 44.1 Å². The number of morpholine rings is 1. The third-order valence-electron chi connectivity index (χ3n) is 5.93. The number of benzene rings is 2. The zero-order chi connectivity index (χ0) is 24.9. The minimum Gasteiger partial charge on any atom is -0.467 e. The largest absolute Gasteiger partial charge is 0.467 e. The Morgan fingerprint density at radius 1 is 1.20 bits per heavy atom. The third kappa shape index (κ3) is 6.02. The van der Waals surface area contributed by atoms with Gasteiger partial charge in [0.25, 0.3) is 5.88 Å². The molecule has 0 saturated carbocycles. The number of halogens is 2. The van der Waals surface area contributed by atoms with Crippen LogP contribution in [0.25, 0.3) is 11.3 Å². The second kappa shape index (κ2) is 11.2. The molecule has 35 heavy (non-hydrogen) atoms. The summed E-state index contributed by atoms with van der Waals surface area (Å²) in [6.45, 7) is 5.79. The second-order valence-electron chi connectivity index (χ2n) is 8.28. The molecule has 1 atom stereocenters. The van der Waals surface area contributed by atoms with E-state index in [1.807, 2.05) is 19.1 Å². The molecule has 184 valence electrons. The summed E-state index contributed by atoms with van der Waals surface area (Å²) < 4.78 is 11.5. The van der Waals surface area contributed by atoms with Gasteiger partial charge in [0, 0.05) is 46.4 Å². The van der Waals surface area contributed by atoms with Crippen LogP contribution in [0.1, 0.15) is 34.5 Å². The third-order valence-corrected chi connectivity index (χ3v) is 6.59. The van der Waals surface area contributed by atoms with Crippen LogP contribution in [0.15, 0.2) is 42.6 Å². The average molecular weight is 516 g/mol. The summed E-state index contributed by atoms with van der Waals surface area (Å²) in [6.07, 6.45) is 1.78. The van der Waals surface area contributed by atoms with Crippen molar-refractivity contribution in [3.05, 3.63) is 69.3 Å². The Balaban J connectivity index is 1.63. The Labute approximate surface area is 214 Å². The summed E-state index contributed by atoms with van der Waals surface area (Å²) in [4.78, 5) is 23.1. The van der Waals surface area contributed by atoms with E-state index >= 15 is 0 Å². The number of nitrogens with two attached hydrogens (primary N) is 2. The number of hydrogen-bond donors (Lipinski definition) is 2. The van der Waals surface area contributed by atoms with E-state index in [1.54, 1.807) is 30.5 Å². The van der Waals surface area contributed by atoms with Crippen molar-refractivity contribution in [1.82, 2.24) is 14.9 Å². The molecule has 8 nitrogen and oxygen atoms in total. The number of nitrogens with zero attached hydrogens (tertiary/aromatic N) is 3. The maximum Gasteiger partial charge on any atom is 0.258 e. The second-order valence-corrected chi connectivity index (χ2v) is 9.10. The molecule has 10 heteroatoms. The van der Waals surface area contributed by atoms with E-state index in [9.17, 15) is 4.79 Å². The van der Waals surface area contributed by atoms with Crippen LogP contribution in [0, 0.1) is 0 Å². The van der Waals surface area contributed by atoms with E-state index in [2.05, 4.69) is 14.9 Å². The SMILES string of the molecule is CC(Oc1nc(-c2ccc(C(N)=O)cc2CCN2CCOCC2)cnc1N)c1c(Cl)cccc1Cl. The number of hydrogen-bond acceptors (Lipinski definition) is 7. The molecule has 1 saturated heterocycles. The highest BCUT2D eigenvalue weighted by Crippen LogP contribution is 2.34. The van der Waals surface area contributed by atoms with Gasteiger partial charge in [-0.05, 0) is 43.2 Å². The zero-order valence-electron chi connectivity index (χ0n) is 19.3. The summed E-state index contributed by atoms with van der Waals surface area (Å²) in [5.41, 5.74) is 15.0. The lowest BCUT2D eigenvalue weighted by atomic mass is 9.98.